The van der Waals surface area contributed by atoms with E-state index in [1.165, 1.54) is 77.0 Å². The molecule has 1 unspecified atom stereocenters. The van der Waals surface area contributed by atoms with E-state index in [2.05, 4.69) is 24.1 Å². The van der Waals surface area contributed by atoms with Crippen LogP contribution >= 0.6 is 0 Å². The molecule has 1 heterocycles. The highest BCUT2D eigenvalue weighted by molar-refractivity contribution is 5.86. The minimum Gasteiger partial charge on any atom is -0.375 e. The molecule has 0 amide bonds. The number of rotatable bonds is 18. The number of aromatic nitrogens is 1. The number of pyridine rings is 1. The smallest absolute Gasteiger partial charge is 0.154 e. The van der Waals surface area contributed by atoms with Crippen LogP contribution in [0.25, 0.3) is 0 Å². The van der Waals surface area contributed by atoms with Gasteiger partial charge in [-0.15, -0.1) is 0 Å². The molecule has 0 fully saturated rings. The minimum atomic E-state index is -0.0651. The standard InChI is InChI=1S/C24H42N2O/c1-3-5-6-7-8-9-10-11-12-13-14-15-16-17-24(27)23(4-2)26-22-18-20-25-21-19-22/h18-21,23H,3-17H2,1-2H3,(H,25,26). The summed E-state index contributed by atoms with van der Waals surface area (Å²) in [5.41, 5.74) is 0.982. The second kappa shape index (κ2) is 16.8. The molecule has 1 atom stereocenters. The first kappa shape index (κ1) is 23.7. The molecule has 1 rings (SSSR count). The van der Waals surface area contributed by atoms with Crippen LogP contribution in [0.5, 0.6) is 0 Å². The molecule has 0 aliphatic rings. The van der Waals surface area contributed by atoms with Gasteiger partial charge in [-0.2, -0.15) is 0 Å². The molecule has 0 spiro atoms. The molecule has 154 valence electrons. The predicted octanol–water partition coefficient (Wildman–Crippen LogP) is 7.32. The van der Waals surface area contributed by atoms with Crippen molar-refractivity contribution in [2.75, 3.05) is 5.32 Å². The van der Waals surface area contributed by atoms with Gasteiger partial charge in [-0.05, 0) is 25.0 Å². The maximum Gasteiger partial charge on any atom is 0.154 e. The number of ketones is 1. The summed E-state index contributed by atoms with van der Waals surface area (Å²) >= 11 is 0. The van der Waals surface area contributed by atoms with Crippen LogP contribution in [0, 0.1) is 0 Å². The number of anilines is 1. The maximum atomic E-state index is 12.4. The number of unbranched alkanes of at least 4 members (excludes halogenated alkanes) is 12. The Labute approximate surface area is 167 Å². The quantitative estimate of drug-likeness (QED) is 0.274. The van der Waals surface area contributed by atoms with E-state index in [1.807, 2.05) is 12.1 Å². The van der Waals surface area contributed by atoms with Crippen LogP contribution in [0.15, 0.2) is 24.5 Å². The second-order valence-corrected chi connectivity index (χ2v) is 7.80. The fourth-order valence-corrected chi connectivity index (χ4v) is 3.55. The fourth-order valence-electron chi connectivity index (χ4n) is 3.55. The topological polar surface area (TPSA) is 42.0 Å². The molecule has 1 N–H and O–H groups in total. The summed E-state index contributed by atoms with van der Waals surface area (Å²) in [6.45, 7) is 4.35. The largest absolute Gasteiger partial charge is 0.375 e. The average Bonchev–Trinajstić information content (AvgIpc) is 2.70. The zero-order chi connectivity index (χ0) is 19.6. The third-order valence-corrected chi connectivity index (χ3v) is 5.34. The zero-order valence-electron chi connectivity index (χ0n) is 17.8. The van der Waals surface area contributed by atoms with Crippen molar-refractivity contribution < 1.29 is 4.79 Å². The Morgan fingerprint density at radius 2 is 1.30 bits per heavy atom. The number of hydrogen-bond acceptors (Lipinski definition) is 3. The van der Waals surface area contributed by atoms with Crippen LogP contribution < -0.4 is 5.32 Å². The Balaban J connectivity index is 1.95. The third kappa shape index (κ3) is 12.6. The van der Waals surface area contributed by atoms with Crippen molar-refractivity contribution in [3.8, 4) is 0 Å². The van der Waals surface area contributed by atoms with Crippen molar-refractivity contribution in [3.05, 3.63) is 24.5 Å². The number of nitrogens with one attached hydrogen (secondary N) is 1. The van der Waals surface area contributed by atoms with Crippen molar-refractivity contribution >= 4 is 11.5 Å². The van der Waals surface area contributed by atoms with Crippen LogP contribution in [0.3, 0.4) is 0 Å². The Morgan fingerprint density at radius 1 is 0.815 bits per heavy atom. The van der Waals surface area contributed by atoms with Gasteiger partial charge in [0.1, 0.15) is 0 Å². The van der Waals surface area contributed by atoms with Crippen molar-refractivity contribution in [3.63, 3.8) is 0 Å². The summed E-state index contributed by atoms with van der Waals surface area (Å²) in [5, 5.41) is 3.34. The average molecular weight is 375 g/mol. The van der Waals surface area contributed by atoms with E-state index < -0.39 is 0 Å². The molecule has 0 saturated heterocycles. The lowest BCUT2D eigenvalue weighted by molar-refractivity contribution is -0.120. The Morgan fingerprint density at radius 3 is 1.78 bits per heavy atom. The summed E-state index contributed by atoms with van der Waals surface area (Å²) in [4.78, 5) is 16.4. The van der Waals surface area contributed by atoms with Crippen LogP contribution in [-0.4, -0.2) is 16.8 Å². The van der Waals surface area contributed by atoms with Crippen LogP contribution in [-0.2, 0) is 4.79 Å². The van der Waals surface area contributed by atoms with Gasteiger partial charge in [-0.25, -0.2) is 0 Å². The normalized spacial score (nSPS) is 12.1. The van der Waals surface area contributed by atoms with E-state index in [9.17, 15) is 4.79 Å². The molecule has 0 aliphatic carbocycles. The molecule has 0 aromatic carbocycles. The van der Waals surface area contributed by atoms with Gasteiger partial charge in [0, 0.05) is 24.5 Å². The van der Waals surface area contributed by atoms with Gasteiger partial charge in [0.15, 0.2) is 5.78 Å². The van der Waals surface area contributed by atoms with Gasteiger partial charge in [-0.1, -0.05) is 90.9 Å². The lowest BCUT2D eigenvalue weighted by atomic mass is 10.0. The maximum absolute atomic E-state index is 12.4. The van der Waals surface area contributed by atoms with Gasteiger partial charge in [0.25, 0.3) is 0 Å². The summed E-state index contributed by atoms with van der Waals surface area (Å²) < 4.78 is 0. The molecule has 0 bridgehead atoms. The van der Waals surface area contributed by atoms with Crippen molar-refractivity contribution in [2.45, 2.75) is 116 Å². The highest BCUT2D eigenvalue weighted by atomic mass is 16.1. The summed E-state index contributed by atoms with van der Waals surface area (Å²) in [7, 11) is 0. The zero-order valence-corrected chi connectivity index (χ0v) is 17.8. The molecule has 0 saturated carbocycles. The first-order valence-corrected chi connectivity index (χ1v) is 11.5. The van der Waals surface area contributed by atoms with E-state index >= 15 is 0 Å². The van der Waals surface area contributed by atoms with E-state index in [4.69, 9.17) is 0 Å². The molecule has 0 aliphatic heterocycles. The van der Waals surface area contributed by atoms with Crippen LogP contribution in [0.1, 0.15) is 110 Å². The van der Waals surface area contributed by atoms with Gasteiger partial charge in [-0.3, -0.25) is 9.78 Å². The third-order valence-electron chi connectivity index (χ3n) is 5.34. The highest BCUT2D eigenvalue weighted by Gasteiger charge is 2.15. The monoisotopic (exact) mass is 374 g/mol. The Kier molecular flexibility index (Phi) is 14.7. The summed E-state index contributed by atoms with van der Waals surface area (Å²) in [6.07, 6.45) is 22.5. The summed E-state index contributed by atoms with van der Waals surface area (Å²) in [5.74, 6) is 0.345. The SMILES string of the molecule is CCCCCCCCCCCCCCCC(=O)C(CC)Nc1ccncc1. The first-order valence-electron chi connectivity index (χ1n) is 11.5. The van der Waals surface area contributed by atoms with Crippen molar-refractivity contribution in [1.29, 1.82) is 0 Å². The first-order chi connectivity index (χ1) is 13.3. The van der Waals surface area contributed by atoms with Gasteiger partial charge < -0.3 is 5.32 Å². The van der Waals surface area contributed by atoms with E-state index in [1.54, 1.807) is 12.4 Å². The Bertz CT molecular complexity index is 461. The molecule has 27 heavy (non-hydrogen) atoms. The minimum absolute atomic E-state index is 0.0651. The highest BCUT2D eigenvalue weighted by Crippen LogP contribution is 2.14. The van der Waals surface area contributed by atoms with E-state index in [0.29, 0.717) is 12.2 Å². The number of carbonyl (C=O) groups is 1. The molecular weight excluding hydrogens is 332 g/mol. The lowest BCUT2D eigenvalue weighted by Crippen LogP contribution is -2.28. The molecule has 3 heteroatoms. The van der Waals surface area contributed by atoms with Gasteiger partial charge in [0.05, 0.1) is 6.04 Å². The molecule has 1 aromatic rings. The number of nitrogens with zero attached hydrogens (tertiary/aromatic N) is 1. The number of Topliss-reactive ketones (excluding diaryl/α,β-unsaturated/α-hetero) is 1. The number of hydrogen-bond donors (Lipinski definition) is 1. The van der Waals surface area contributed by atoms with Crippen LogP contribution in [0.2, 0.25) is 0 Å². The second-order valence-electron chi connectivity index (χ2n) is 7.80. The van der Waals surface area contributed by atoms with E-state index in [-0.39, 0.29) is 6.04 Å². The van der Waals surface area contributed by atoms with Crippen molar-refractivity contribution in [2.24, 2.45) is 0 Å². The lowest BCUT2D eigenvalue weighted by Gasteiger charge is -2.17. The Hall–Kier alpha value is -1.38. The van der Waals surface area contributed by atoms with Crippen LogP contribution in [0.4, 0.5) is 5.69 Å². The molecular formula is C24H42N2O. The number of carbonyl (C=O) groups excluding carboxylic acids is 1. The van der Waals surface area contributed by atoms with E-state index in [0.717, 1.165) is 18.5 Å². The van der Waals surface area contributed by atoms with Crippen molar-refractivity contribution in [1.82, 2.24) is 4.98 Å². The molecule has 3 nitrogen and oxygen atoms in total. The predicted molar refractivity (Wildman–Crippen MR) is 117 cm³/mol. The summed E-state index contributed by atoms with van der Waals surface area (Å²) in [6, 6.07) is 3.77. The molecule has 0 radical (unpaired) electrons. The fraction of sp³-hybridized carbons (Fsp3) is 0.750. The van der Waals surface area contributed by atoms with Gasteiger partial charge in [0.2, 0.25) is 0 Å². The van der Waals surface area contributed by atoms with Gasteiger partial charge >= 0.3 is 0 Å². The molecule has 1 aromatic heterocycles.